The summed E-state index contributed by atoms with van der Waals surface area (Å²) in [5.41, 5.74) is 2.78. The van der Waals surface area contributed by atoms with Crippen molar-refractivity contribution in [1.82, 2.24) is 5.16 Å². The van der Waals surface area contributed by atoms with Crippen molar-refractivity contribution in [3.63, 3.8) is 0 Å². The summed E-state index contributed by atoms with van der Waals surface area (Å²) >= 11 is 12.5. The zero-order valence-electron chi connectivity index (χ0n) is 10.1. The number of hydrogen-bond donors (Lipinski definition) is 0. The molecule has 0 N–H and O–H groups in total. The highest BCUT2D eigenvalue weighted by molar-refractivity contribution is 8.02. The quantitative estimate of drug-likeness (QED) is 0.692. The second kappa shape index (κ2) is 5.70. The Labute approximate surface area is 126 Å². The molecule has 1 heterocycles. The highest BCUT2D eigenvalue weighted by Gasteiger charge is 2.32. The molecular weight excluding hydrogens is 319 g/mol. The highest BCUT2D eigenvalue weighted by Crippen LogP contribution is 2.47. The summed E-state index contributed by atoms with van der Waals surface area (Å²) in [5.74, 6) is 1.57. The van der Waals surface area contributed by atoms with E-state index in [1.165, 1.54) is 18.4 Å². The molecule has 1 aromatic heterocycles. The van der Waals surface area contributed by atoms with Crippen molar-refractivity contribution < 1.29 is 4.52 Å². The Kier molecular flexibility index (Phi) is 4.15. The molecule has 0 aliphatic heterocycles. The Bertz CT molecular complexity index is 590. The third-order valence-electron chi connectivity index (χ3n) is 3.25. The fraction of sp³-hybridized carbons (Fsp3) is 0.308. The van der Waals surface area contributed by atoms with E-state index in [9.17, 15) is 0 Å². The molecule has 1 saturated carbocycles. The van der Waals surface area contributed by atoms with E-state index in [0.29, 0.717) is 16.0 Å². The van der Waals surface area contributed by atoms with Crippen LogP contribution < -0.4 is 0 Å². The van der Waals surface area contributed by atoms with Gasteiger partial charge in [0.05, 0.1) is 10.0 Å². The van der Waals surface area contributed by atoms with E-state index in [4.69, 9.17) is 27.7 Å². The third-order valence-corrected chi connectivity index (χ3v) is 5.05. The molecule has 1 fully saturated rings. The van der Waals surface area contributed by atoms with Crippen molar-refractivity contribution in [1.29, 1.82) is 0 Å². The van der Waals surface area contributed by atoms with Gasteiger partial charge in [0.2, 0.25) is 0 Å². The average molecular weight is 332 g/mol. The van der Waals surface area contributed by atoms with Gasteiger partial charge >= 0.3 is 0 Å². The van der Waals surface area contributed by atoms with Gasteiger partial charge < -0.3 is 4.52 Å². The first kappa shape index (κ1) is 13.8. The van der Waals surface area contributed by atoms with Crippen LogP contribution in [0.5, 0.6) is 0 Å². The normalized spacial score (nSPS) is 15.5. The van der Waals surface area contributed by atoms with E-state index in [2.05, 4.69) is 14.1 Å². The van der Waals surface area contributed by atoms with Crippen LogP contribution in [0.1, 0.15) is 30.1 Å². The number of hydrogen-bond acceptors (Lipinski definition) is 2. The summed E-state index contributed by atoms with van der Waals surface area (Å²) < 4.78 is 5.56. The van der Waals surface area contributed by atoms with E-state index in [-0.39, 0.29) is 0 Å². The summed E-state index contributed by atoms with van der Waals surface area (Å²) in [6.45, 7) is 0. The molecule has 1 aliphatic rings. The lowest BCUT2D eigenvalue weighted by atomic mass is 10.1. The maximum absolute atomic E-state index is 6.27. The van der Waals surface area contributed by atoms with Crippen molar-refractivity contribution in [3.8, 4) is 11.3 Å². The van der Waals surface area contributed by atoms with E-state index < -0.39 is 0 Å². The van der Waals surface area contributed by atoms with Crippen molar-refractivity contribution in [3.05, 3.63) is 39.6 Å². The van der Waals surface area contributed by atoms with Crippen LogP contribution in [-0.2, 0) is 6.16 Å². The molecular formula is C13H13Cl2NOP2. The molecule has 0 spiro atoms. The van der Waals surface area contributed by atoms with Crippen LogP contribution in [-0.4, -0.2) is 5.16 Å². The van der Waals surface area contributed by atoms with Crippen LogP contribution in [0.25, 0.3) is 11.3 Å². The lowest BCUT2D eigenvalue weighted by molar-refractivity contribution is 0.385. The Hall–Kier alpha value is -0.130. The van der Waals surface area contributed by atoms with Crippen molar-refractivity contribution in [2.45, 2.75) is 24.9 Å². The molecule has 2 unspecified atom stereocenters. The third kappa shape index (κ3) is 2.69. The topological polar surface area (TPSA) is 26.0 Å². The van der Waals surface area contributed by atoms with Crippen LogP contribution in [0, 0.1) is 0 Å². The first-order chi connectivity index (χ1) is 9.22. The monoisotopic (exact) mass is 331 g/mol. The van der Waals surface area contributed by atoms with Gasteiger partial charge in [0, 0.05) is 17.0 Å². The minimum Gasteiger partial charge on any atom is -0.360 e. The molecule has 1 aromatic carbocycles. The lowest BCUT2D eigenvalue weighted by Crippen LogP contribution is -1.89. The van der Waals surface area contributed by atoms with Gasteiger partial charge in [-0.05, 0) is 31.1 Å². The van der Waals surface area contributed by atoms with Crippen LogP contribution >= 0.6 is 40.4 Å². The van der Waals surface area contributed by atoms with E-state index in [0.717, 1.165) is 31.4 Å². The van der Waals surface area contributed by atoms with Crippen molar-refractivity contribution in [2.24, 2.45) is 0 Å². The first-order valence-electron chi connectivity index (χ1n) is 6.08. The van der Waals surface area contributed by atoms with Crippen LogP contribution in [0.15, 0.2) is 22.7 Å². The number of aromatic nitrogens is 1. The lowest BCUT2D eigenvalue weighted by Gasteiger charge is -2.06. The van der Waals surface area contributed by atoms with Gasteiger partial charge in [0.15, 0.2) is 0 Å². The van der Waals surface area contributed by atoms with Gasteiger partial charge in [-0.15, -0.1) is 8.93 Å². The first-order valence-corrected chi connectivity index (χ1v) is 9.86. The SMILES string of the molecule is PPCc1c(-c2c(Cl)cccc2Cl)noc1C1CC1. The predicted octanol–water partition coefficient (Wildman–Crippen LogP) is 5.49. The molecule has 2 atom stereocenters. The molecule has 0 radical (unpaired) electrons. The van der Waals surface area contributed by atoms with Crippen LogP contribution in [0.4, 0.5) is 0 Å². The average Bonchev–Trinajstić information content (AvgIpc) is 3.14. The molecule has 1 aliphatic carbocycles. The number of halogens is 2. The standard InChI is InChI=1S/C13H13Cl2NOP2/c14-9-2-1-3-10(15)11(9)12-8(6-19-18)13(17-16-12)7-4-5-7/h1-3,7,19H,4-6,18H2. The number of rotatable bonds is 4. The molecule has 6 heteroatoms. The molecule has 100 valence electrons. The minimum atomic E-state index is 0.541. The molecule has 0 bridgehead atoms. The van der Waals surface area contributed by atoms with E-state index in [1.807, 2.05) is 18.2 Å². The van der Waals surface area contributed by atoms with Crippen LogP contribution in [0.3, 0.4) is 0 Å². The molecule has 2 aromatic rings. The van der Waals surface area contributed by atoms with Gasteiger partial charge in [-0.1, -0.05) is 42.7 Å². The predicted molar refractivity (Wildman–Crippen MR) is 85.7 cm³/mol. The van der Waals surface area contributed by atoms with Crippen molar-refractivity contribution in [2.75, 3.05) is 0 Å². The molecule has 19 heavy (non-hydrogen) atoms. The summed E-state index contributed by atoms with van der Waals surface area (Å²) in [5, 5.41) is 5.48. The van der Waals surface area contributed by atoms with Gasteiger partial charge in [0.1, 0.15) is 11.5 Å². The van der Waals surface area contributed by atoms with E-state index in [1.54, 1.807) is 0 Å². The Balaban J connectivity index is 2.14. The van der Waals surface area contributed by atoms with Crippen molar-refractivity contribution >= 4 is 40.4 Å². The van der Waals surface area contributed by atoms with Gasteiger partial charge in [-0.25, -0.2) is 0 Å². The second-order valence-electron chi connectivity index (χ2n) is 4.63. The maximum atomic E-state index is 6.27. The summed E-state index contributed by atoms with van der Waals surface area (Å²) in [4.78, 5) is 0. The summed E-state index contributed by atoms with van der Waals surface area (Å²) in [7, 11) is 3.51. The van der Waals surface area contributed by atoms with E-state index >= 15 is 0 Å². The maximum Gasteiger partial charge on any atom is 0.143 e. The zero-order valence-corrected chi connectivity index (χ0v) is 13.8. The molecule has 0 saturated heterocycles. The van der Waals surface area contributed by atoms with Gasteiger partial charge in [-0.2, -0.15) is 0 Å². The van der Waals surface area contributed by atoms with Gasteiger partial charge in [0.25, 0.3) is 0 Å². The van der Waals surface area contributed by atoms with Gasteiger partial charge in [-0.3, -0.25) is 0 Å². The molecule has 0 amide bonds. The number of benzene rings is 1. The zero-order chi connectivity index (χ0) is 13.4. The Morgan fingerprint density at radius 3 is 2.58 bits per heavy atom. The fourth-order valence-electron chi connectivity index (χ4n) is 2.18. The Morgan fingerprint density at radius 1 is 1.32 bits per heavy atom. The fourth-order valence-corrected chi connectivity index (χ4v) is 3.92. The summed E-state index contributed by atoms with van der Waals surface area (Å²) in [6.07, 6.45) is 3.33. The Morgan fingerprint density at radius 2 is 2.00 bits per heavy atom. The summed E-state index contributed by atoms with van der Waals surface area (Å²) in [6, 6.07) is 5.51. The minimum absolute atomic E-state index is 0.541. The second-order valence-corrected chi connectivity index (χ2v) is 7.43. The molecule has 3 rings (SSSR count). The van der Waals surface area contributed by atoms with Crippen LogP contribution in [0.2, 0.25) is 10.0 Å². The smallest absolute Gasteiger partial charge is 0.143 e. The molecule has 2 nitrogen and oxygen atoms in total. The highest BCUT2D eigenvalue weighted by atomic mass is 35.5. The number of nitrogens with zero attached hydrogens (tertiary/aromatic N) is 1. The largest absolute Gasteiger partial charge is 0.360 e.